The summed E-state index contributed by atoms with van der Waals surface area (Å²) < 4.78 is 7.05. The number of benzene rings is 6. The van der Waals surface area contributed by atoms with Crippen molar-refractivity contribution < 1.29 is 4.74 Å². The van der Waals surface area contributed by atoms with Crippen LogP contribution < -0.4 is 36.6 Å². The number of hydrogen-bond donors (Lipinski definition) is 0. The van der Waals surface area contributed by atoms with Gasteiger partial charge in [0, 0.05) is 0 Å². The van der Waals surface area contributed by atoms with Crippen LogP contribution in [0.25, 0.3) is 0 Å². The summed E-state index contributed by atoms with van der Waals surface area (Å²) in [6.45, 7) is 0. The molecule has 0 atom stereocenters. The van der Waals surface area contributed by atoms with E-state index in [1.807, 2.05) is 0 Å². The Kier molecular flexibility index (Phi) is 6.57. The summed E-state index contributed by atoms with van der Waals surface area (Å²) >= 11 is 0. The zero-order valence-electron chi connectivity index (χ0n) is 22.3. The molecule has 1 aliphatic heterocycles. The molecule has 0 spiro atoms. The minimum absolute atomic E-state index is 0.970. The Morgan fingerprint density at radius 1 is 0.325 bits per heavy atom. The number of rotatable bonds is 4. The van der Waals surface area contributed by atoms with Crippen molar-refractivity contribution in [3.05, 3.63) is 170 Å². The van der Waals surface area contributed by atoms with Crippen molar-refractivity contribution in [1.29, 1.82) is 0 Å². The van der Waals surface area contributed by atoms with Gasteiger partial charge in [0.1, 0.15) is 0 Å². The van der Waals surface area contributed by atoms with Crippen LogP contribution in [0.1, 0.15) is 0 Å². The Morgan fingerprint density at radius 2 is 0.600 bits per heavy atom. The second-order valence-corrected chi connectivity index (χ2v) is 19.0. The second-order valence-electron chi connectivity index (χ2n) is 10.5. The first kappa shape index (κ1) is 25.0. The molecule has 0 amide bonds. The van der Waals surface area contributed by atoms with E-state index in [1.165, 1.54) is 31.8 Å². The molecule has 7 rings (SSSR count). The van der Waals surface area contributed by atoms with Crippen molar-refractivity contribution in [2.45, 2.75) is 0 Å². The predicted octanol–water partition coefficient (Wildman–Crippen LogP) is 6.50. The first-order valence-electron chi connectivity index (χ1n) is 13.9. The van der Waals surface area contributed by atoms with Crippen molar-refractivity contribution in [1.82, 2.24) is 0 Å². The monoisotopic (exact) mass is 554 g/mol. The summed E-state index contributed by atoms with van der Waals surface area (Å²) in [4.78, 5) is 0. The molecule has 1 heterocycles. The molecule has 196 valence electrons. The number of hydrogen-bond acceptors (Lipinski definition) is 1. The van der Waals surface area contributed by atoms with E-state index in [0.717, 1.165) is 17.4 Å². The molecule has 0 unspecified atom stereocenters. The van der Waals surface area contributed by atoms with Gasteiger partial charge >= 0.3 is 238 Å². The van der Waals surface area contributed by atoms with Gasteiger partial charge in [0.05, 0.1) is 0 Å². The third-order valence-electron chi connectivity index (χ3n) is 8.51. The average molecular weight is 555 g/mol. The zero-order valence-corrected chi connectivity index (χ0v) is 24.3. The van der Waals surface area contributed by atoms with Gasteiger partial charge in [0.15, 0.2) is 0 Å². The topological polar surface area (TPSA) is 9.23 Å². The summed E-state index contributed by atoms with van der Waals surface area (Å²) in [6.07, 6.45) is 0. The Morgan fingerprint density at radius 3 is 0.925 bits per heavy atom. The molecule has 1 aliphatic rings. The molecule has 6 aromatic rings. The van der Waals surface area contributed by atoms with Crippen LogP contribution in [0.5, 0.6) is 11.5 Å². The second kappa shape index (κ2) is 10.5. The fourth-order valence-corrected chi connectivity index (χ4v) is 21.6. The molecule has 0 aromatic heterocycles. The maximum absolute atomic E-state index is 7.05. The molecular weight excluding hydrogens is 522 g/mol. The van der Waals surface area contributed by atoms with E-state index in [4.69, 9.17) is 4.74 Å². The number of fused-ring (bicyclic) bond motifs is 2. The van der Waals surface area contributed by atoms with Crippen LogP contribution in [0, 0.1) is 0 Å². The standard InChI is InChI=1S/C37H32OP2/c1-5-17-30(18-6-1)39(31-19-7-2-8-20-31)29-40(32-21-9-3-10-22-32,33-23-11-4-12-24-33)37-28-16-14-26-35(37)38-34-25-13-15-27-36(34)39/h1-28,39-40H,29H2. The summed E-state index contributed by atoms with van der Waals surface area (Å²) in [5.74, 6) is 3.00. The van der Waals surface area contributed by atoms with Gasteiger partial charge in [-0.3, -0.25) is 0 Å². The molecule has 0 saturated heterocycles. The maximum atomic E-state index is 7.05. The molecular formula is C37H32OP2. The average Bonchev–Trinajstić information content (AvgIpc) is 3.04. The predicted molar refractivity (Wildman–Crippen MR) is 178 cm³/mol. The summed E-state index contributed by atoms with van der Waals surface area (Å²) in [6, 6.07) is 62.7. The Bertz CT molecular complexity index is 1530. The fourth-order valence-electron chi connectivity index (χ4n) is 6.78. The Hall–Kier alpha value is -4.02. The summed E-state index contributed by atoms with van der Waals surface area (Å²) in [5, 5.41) is 8.35. The van der Waals surface area contributed by atoms with Crippen molar-refractivity contribution in [3.63, 3.8) is 0 Å². The summed E-state index contributed by atoms with van der Waals surface area (Å²) in [7, 11) is -5.34. The number of ether oxygens (including phenoxy) is 1. The van der Waals surface area contributed by atoms with Gasteiger partial charge in [-0.05, 0) is 0 Å². The van der Waals surface area contributed by atoms with Gasteiger partial charge in [-0.25, -0.2) is 0 Å². The minimum atomic E-state index is -2.67. The van der Waals surface area contributed by atoms with E-state index >= 15 is 0 Å². The number of para-hydroxylation sites is 2. The van der Waals surface area contributed by atoms with Gasteiger partial charge in [0.25, 0.3) is 0 Å². The molecule has 6 aromatic carbocycles. The molecule has 3 heteroatoms. The third-order valence-corrected chi connectivity index (χ3v) is 20.7. The molecule has 0 fully saturated rings. The van der Waals surface area contributed by atoms with Crippen LogP contribution in [-0.4, -0.2) is 5.90 Å². The van der Waals surface area contributed by atoms with E-state index in [0.29, 0.717) is 0 Å². The van der Waals surface area contributed by atoms with Crippen molar-refractivity contribution >= 4 is 46.4 Å². The molecule has 1 nitrogen and oxygen atoms in total. The first-order valence-corrected chi connectivity index (χ1v) is 18.3. The van der Waals surface area contributed by atoms with E-state index in [9.17, 15) is 0 Å². The normalized spacial score (nSPS) is 16.6. The van der Waals surface area contributed by atoms with E-state index in [1.54, 1.807) is 0 Å². The van der Waals surface area contributed by atoms with Crippen LogP contribution in [0.15, 0.2) is 170 Å². The van der Waals surface area contributed by atoms with E-state index in [-0.39, 0.29) is 0 Å². The Balaban J connectivity index is 1.69. The Labute approximate surface area is 237 Å². The summed E-state index contributed by atoms with van der Waals surface area (Å²) in [5.41, 5.74) is 0. The molecule has 0 bridgehead atoms. The molecule has 0 N–H and O–H groups in total. The van der Waals surface area contributed by atoms with Crippen molar-refractivity contribution in [3.8, 4) is 11.5 Å². The van der Waals surface area contributed by atoms with Crippen LogP contribution in [0.3, 0.4) is 0 Å². The van der Waals surface area contributed by atoms with Gasteiger partial charge in [0.2, 0.25) is 0 Å². The van der Waals surface area contributed by atoms with Crippen LogP contribution >= 0.6 is 14.5 Å². The fraction of sp³-hybridized carbons (Fsp3) is 0.0270. The van der Waals surface area contributed by atoms with Gasteiger partial charge < -0.3 is 0 Å². The first-order chi connectivity index (χ1) is 19.8. The molecule has 40 heavy (non-hydrogen) atoms. The van der Waals surface area contributed by atoms with Crippen LogP contribution in [0.2, 0.25) is 0 Å². The molecule has 0 radical (unpaired) electrons. The SMILES string of the molecule is c1ccc([PH]2(c3ccccc3)C[PH](c3ccccc3)(c3ccccc3)c3ccccc3Oc3ccccc32)cc1. The molecule has 0 aliphatic carbocycles. The third kappa shape index (κ3) is 4.01. The molecule has 0 saturated carbocycles. The van der Waals surface area contributed by atoms with E-state index in [2.05, 4.69) is 170 Å². The quantitative estimate of drug-likeness (QED) is 0.226. The van der Waals surface area contributed by atoms with Crippen molar-refractivity contribution in [2.75, 3.05) is 5.90 Å². The van der Waals surface area contributed by atoms with E-state index < -0.39 is 14.5 Å². The van der Waals surface area contributed by atoms with Crippen LogP contribution in [-0.2, 0) is 0 Å². The van der Waals surface area contributed by atoms with Gasteiger partial charge in [-0.1, -0.05) is 0 Å². The van der Waals surface area contributed by atoms with Crippen molar-refractivity contribution in [2.24, 2.45) is 0 Å². The van der Waals surface area contributed by atoms with Gasteiger partial charge in [-0.2, -0.15) is 0 Å². The van der Waals surface area contributed by atoms with Crippen LogP contribution in [0.4, 0.5) is 0 Å². The zero-order chi connectivity index (χ0) is 26.8. The van der Waals surface area contributed by atoms with Gasteiger partial charge in [-0.15, -0.1) is 0 Å².